The highest BCUT2D eigenvalue weighted by molar-refractivity contribution is 5.47. The van der Waals surface area contributed by atoms with Gasteiger partial charge in [0.1, 0.15) is 0 Å². The Labute approximate surface area is 124 Å². The van der Waals surface area contributed by atoms with E-state index >= 15 is 0 Å². The van der Waals surface area contributed by atoms with Gasteiger partial charge in [0.2, 0.25) is 0 Å². The van der Waals surface area contributed by atoms with Crippen LogP contribution in [-0.4, -0.2) is 10.2 Å². The molecule has 1 aromatic heterocycles. The van der Waals surface area contributed by atoms with E-state index in [4.69, 9.17) is 0 Å². The SMILES string of the molecule is Cc1[nH][nH]c(=O)c1N=Nc1cc(C(F)(F)F)cc(C(F)(F)F)c1. The van der Waals surface area contributed by atoms with Gasteiger partial charge in [0.05, 0.1) is 22.5 Å². The third kappa shape index (κ3) is 3.79. The maximum absolute atomic E-state index is 12.7. The molecule has 0 saturated carbocycles. The second kappa shape index (κ2) is 5.56. The average Bonchev–Trinajstić information content (AvgIpc) is 2.73. The highest BCUT2D eigenvalue weighted by Crippen LogP contribution is 2.38. The number of rotatable bonds is 2. The largest absolute Gasteiger partial charge is 0.416 e. The Bertz CT molecular complexity index is 767. The lowest BCUT2D eigenvalue weighted by Gasteiger charge is -2.12. The van der Waals surface area contributed by atoms with Crippen molar-refractivity contribution in [2.75, 3.05) is 0 Å². The fourth-order valence-corrected chi connectivity index (χ4v) is 1.66. The van der Waals surface area contributed by atoms with Crippen molar-refractivity contribution < 1.29 is 26.3 Å². The van der Waals surface area contributed by atoms with Crippen LogP contribution < -0.4 is 5.56 Å². The van der Waals surface area contributed by atoms with Crippen molar-refractivity contribution in [3.05, 3.63) is 45.4 Å². The number of hydrogen-bond acceptors (Lipinski definition) is 3. The van der Waals surface area contributed by atoms with Crippen molar-refractivity contribution in [1.29, 1.82) is 0 Å². The van der Waals surface area contributed by atoms with Crippen molar-refractivity contribution in [3.63, 3.8) is 0 Å². The molecule has 0 saturated heterocycles. The number of nitrogens with zero attached hydrogens (tertiary/aromatic N) is 2. The van der Waals surface area contributed by atoms with E-state index in [1.165, 1.54) is 6.92 Å². The number of aryl methyl sites for hydroxylation is 1. The molecule has 0 aliphatic rings. The minimum absolute atomic E-state index is 0.0205. The van der Waals surface area contributed by atoms with E-state index in [2.05, 4.69) is 20.4 Å². The predicted molar refractivity (Wildman–Crippen MR) is 66.8 cm³/mol. The topological polar surface area (TPSA) is 73.4 Å². The van der Waals surface area contributed by atoms with E-state index in [1.54, 1.807) is 0 Å². The summed E-state index contributed by atoms with van der Waals surface area (Å²) in [6, 6.07) is 0.803. The zero-order valence-electron chi connectivity index (χ0n) is 11.3. The van der Waals surface area contributed by atoms with Crippen LogP contribution in [0.25, 0.3) is 0 Å². The normalized spacial score (nSPS) is 13.0. The molecule has 0 bridgehead atoms. The van der Waals surface area contributed by atoms with Crippen LogP contribution in [0.5, 0.6) is 0 Å². The molecule has 0 unspecified atom stereocenters. The monoisotopic (exact) mass is 338 g/mol. The Morgan fingerprint density at radius 1 is 0.870 bits per heavy atom. The summed E-state index contributed by atoms with van der Waals surface area (Å²) >= 11 is 0. The van der Waals surface area contributed by atoms with Gasteiger partial charge in [0.15, 0.2) is 5.69 Å². The minimum atomic E-state index is -4.98. The number of azo groups is 1. The number of benzene rings is 1. The number of alkyl halides is 6. The van der Waals surface area contributed by atoms with Gasteiger partial charge < -0.3 is 5.10 Å². The summed E-state index contributed by atoms with van der Waals surface area (Å²) in [5.41, 5.74) is -4.40. The quantitative estimate of drug-likeness (QED) is 0.615. The predicted octanol–water partition coefficient (Wildman–Crippen LogP) is 4.46. The first-order valence-electron chi connectivity index (χ1n) is 5.97. The van der Waals surface area contributed by atoms with Gasteiger partial charge in [0.25, 0.3) is 5.56 Å². The standard InChI is InChI=1S/C12H8F6N4O/c1-5-9(10(23)22-19-5)21-20-8-3-6(11(13,14)15)2-7(4-8)12(16,17)18/h2-4H,1H3,(H2,19,22,23). The Kier molecular flexibility index (Phi) is 4.05. The first kappa shape index (κ1) is 16.8. The first-order valence-corrected chi connectivity index (χ1v) is 5.97. The van der Waals surface area contributed by atoms with Gasteiger partial charge in [-0.2, -0.15) is 31.5 Å². The summed E-state index contributed by atoms with van der Waals surface area (Å²) in [5.74, 6) is 0. The van der Waals surface area contributed by atoms with Crippen molar-refractivity contribution in [2.24, 2.45) is 10.2 Å². The first-order chi connectivity index (χ1) is 10.5. The zero-order valence-corrected chi connectivity index (χ0v) is 11.3. The number of aromatic nitrogens is 2. The van der Waals surface area contributed by atoms with Gasteiger partial charge in [-0.05, 0) is 25.1 Å². The minimum Gasteiger partial charge on any atom is -0.300 e. The molecule has 23 heavy (non-hydrogen) atoms. The van der Waals surface area contributed by atoms with Crippen molar-refractivity contribution >= 4 is 11.4 Å². The van der Waals surface area contributed by atoms with Crippen LogP contribution in [0.15, 0.2) is 33.2 Å². The van der Waals surface area contributed by atoms with Gasteiger partial charge >= 0.3 is 12.4 Å². The van der Waals surface area contributed by atoms with Crippen LogP contribution in [0.1, 0.15) is 16.8 Å². The number of hydrogen-bond donors (Lipinski definition) is 2. The molecule has 2 aromatic rings. The summed E-state index contributed by atoms with van der Waals surface area (Å²) in [6.45, 7) is 1.43. The number of nitrogens with one attached hydrogen (secondary N) is 2. The van der Waals surface area contributed by atoms with Gasteiger partial charge in [-0.25, -0.2) is 0 Å². The molecule has 1 heterocycles. The van der Waals surface area contributed by atoms with Crippen molar-refractivity contribution in [2.45, 2.75) is 19.3 Å². The molecule has 1 aromatic carbocycles. The van der Waals surface area contributed by atoms with Crippen LogP contribution in [0.3, 0.4) is 0 Å². The lowest BCUT2D eigenvalue weighted by molar-refractivity contribution is -0.143. The number of aromatic amines is 2. The molecule has 11 heteroatoms. The molecule has 0 amide bonds. The molecule has 2 N–H and O–H groups in total. The number of H-pyrrole nitrogens is 2. The molecule has 0 spiro atoms. The Morgan fingerprint density at radius 3 is 1.78 bits per heavy atom. The lowest BCUT2D eigenvalue weighted by atomic mass is 10.1. The van der Waals surface area contributed by atoms with Gasteiger partial charge in [-0.3, -0.25) is 9.89 Å². The fourth-order valence-electron chi connectivity index (χ4n) is 1.66. The van der Waals surface area contributed by atoms with Crippen molar-refractivity contribution in [1.82, 2.24) is 10.2 Å². The third-order valence-electron chi connectivity index (χ3n) is 2.77. The van der Waals surface area contributed by atoms with Crippen molar-refractivity contribution in [3.8, 4) is 0 Å². The number of halogens is 6. The average molecular weight is 338 g/mol. The van der Waals surface area contributed by atoms with Gasteiger partial charge in [-0.1, -0.05) is 0 Å². The second-order valence-electron chi connectivity index (χ2n) is 4.52. The third-order valence-corrected chi connectivity index (χ3v) is 2.77. The molecule has 0 atom stereocenters. The lowest BCUT2D eigenvalue weighted by Crippen LogP contribution is -2.10. The van der Waals surface area contributed by atoms with Crippen LogP contribution in [0.4, 0.5) is 37.7 Å². The fraction of sp³-hybridized carbons (Fsp3) is 0.250. The molecule has 0 aliphatic heterocycles. The van der Waals surface area contributed by atoms with E-state index < -0.39 is 34.7 Å². The summed E-state index contributed by atoms with van der Waals surface area (Å²) in [7, 11) is 0. The van der Waals surface area contributed by atoms with E-state index in [1.807, 2.05) is 0 Å². The molecular formula is C12H8F6N4O. The van der Waals surface area contributed by atoms with Crippen LogP contribution in [0.2, 0.25) is 0 Å². The maximum Gasteiger partial charge on any atom is 0.416 e. The summed E-state index contributed by atoms with van der Waals surface area (Å²) in [6.07, 6.45) is -9.96. The molecule has 124 valence electrons. The summed E-state index contributed by atoms with van der Waals surface area (Å²) in [4.78, 5) is 11.3. The smallest absolute Gasteiger partial charge is 0.300 e. The van der Waals surface area contributed by atoms with E-state index in [9.17, 15) is 31.1 Å². The highest BCUT2D eigenvalue weighted by Gasteiger charge is 2.37. The molecule has 5 nitrogen and oxygen atoms in total. The molecule has 2 rings (SSSR count). The van der Waals surface area contributed by atoms with E-state index in [-0.39, 0.29) is 17.4 Å². The van der Waals surface area contributed by atoms with Crippen LogP contribution in [0, 0.1) is 6.92 Å². The highest BCUT2D eigenvalue weighted by atomic mass is 19.4. The second-order valence-corrected chi connectivity index (χ2v) is 4.52. The molecule has 0 fully saturated rings. The molecular weight excluding hydrogens is 330 g/mol. The molecule has 0 aliphatic carbocycles. The van der Waals surface area contributed by atoms with Crippen LogP contribution >= 0.6 is 0 Å². The van der Waals surface area contributed by atoms with E-state index in [0.29, 0.717) is 12.1 Å². The Balaban J connectivity index is 2.52. The van der Waals surface area contributed by atoms with Gasteiger partial charge in [-0.15, -0.1) is 5.11 Å². The van der Waals surface area contributed by atoms with E-state index in [0.717, 1.165) is 0 Å². The van der Waals surface area contributed by atoms with Crippen LogP contribution in [-0.2, 0) is 12.4 Å². The zero-order chi connectivity index (χ0) is 17.4. The van der Waals surface area contributed by atoms with Gasteiger partial charge in [0, 0.05) is 0 Å². The summed E-state index contributed by atoms with van der Waals surface area (Å²) < 4.78 is 76.1. The maximum atomic E-state index is 12.7. The Morgan fingerprint density at radius 2 is 1.39 bits per heavy atom. The Hall–Kier alpha value is -2.59. The molecule has 0 radical (unpaired) electrons. The summed E-state index contributed by atoms with van der Waals surface area (Å²) in [5, 5.41) is 11.2.